The average molecular weight is 192 g/mol. The van der Waals surface area contributed by atoms with Crippen molar-refractivity contribution in [2.75, 3.05) is 12.4 Å². The molecule has 1 rings (SSSR count). The largest absolute Gasteiger partial charge is 0.328 e. The van der Waals surface area contributed by atoms with Crippen LogP contribution in [0.3, 0.4) is 0 Å². The van der Waals surface area contributed by atoms with Crippen LogP contribution in [0.15, 0.2) is 30.3 Å². The fourth-order valence-corrected chi connectivity index (χ4v) is 0.872. The number of hydrogen-bond donors (Lipinski definition) is 1. The van der Waals surface area contributed by atoms with E-state index in [0.717, 1.165) is 4.90 Å². The summed E-state index contributed by atoms with van der Waals surface area (Å²) in [6, 6.07) is 8.55. The predicted octanol–water partition coefficient (Wildman–Crippen LogP) is 1.70. The van der Waals surface area contributed by atoms with Crippen LogP contribution in [0.4, 0.5) is 10.5 Å². The Labute approximate surface area is 82.5 Å². The van der Waals surface area contributed by atoms with E-state index in [1.54, 1.807) is 12.1 Å². The molecule has 0 saturated heterocycles. The van der Waals surface area contributed by atoms with Gasteiger partial charge in [0.2, 0.25) is 5.91 Å². The van der Waals surface area contributed by atoms with Crippen molar-refractivity contribution in [2.45, 2.75) is 6.92 Å². The van der Waals surface area contributed by atoms with E-state index in [2.05, 4.69) is 5.32 Å². The third-order valence-corrected chi connectivity index (χ3v) is 1.80. The van der Waals surface area contributed by atoms with Crippen molar-refractivity contribution in [3.63, 3.8) is 0 Å². The van der Waals surface area contributed by atoms with E-state index in [1.165, 1.54) is 14.0 Å². The summed E-state index contributed by atoms with van der Waals surface area (Å²) < 4.78 is 0. The molecule has 74 valence electrons. The van der Waals surface area contributed by atoms with Crippen LogP contribution in [0, 0.1) is 0 Å². The second kappa shape index (κ2) is 4.41. The molecular formula is C10H12N2O2. The molecule has 0 aliphatic carbocycles. The van der Waals surface area contributed by atoms with Crippen LogP contribution in [-0.2, 0) is 4.79 Å². The van der Waals surface area contributed by atoms with Crippen molar-refractivity contribution in [3.8, 4) is 0 Å². The van der Waals surface area contributed by atoms with Crippen LogP contribution < -0.4 is 5.32 Å². The number of imide groups is 1. The molecule has 0 unspecified atom stereocenters. The molecule has 0 radical (unpaired) electrons. The van der Waals surface area contributed by atoms with Crippen LogP contribution in [-0.4, -0.2) is 23.9 Å². The quantitative estimate of drug-likeness (QED) is 0.736. The lowest BCUT2D eigenvalue weighted by Crippen LogP contribution is -2.34. The molecule has 0 atom stereocenters. The standard InChI is InChI=1S/C10H12N2O2/c1-8(13)12(2)10(14)11-9-6-4-3-5-7-9/h3-7H,1-2H3,(H,11,14). The lowest BCUT2D eigenvalue weighted by molar-refractivity contribution is -0.124. The first-order valence-corrected chi connectivity index (χ1v) is 4.21. The number of rotatable bonds is 1. The molecule has 14 heavy (non-hydrogen) atoms. The number of nitrogens with one attached hydrogen (secondary N) is 1. The highest BCUT2D eigenvalue weighted by atomic mass is 16.2. The topological polar surface area (TPSA) is 49.4 Å². The number of amides is 3. The minimum absolute atomic E-state index is 0.293. The number of carbonyl (C=O) groups excluding carboxylic acids is 2. The Morgan fingerprint density at radius 1 is 1.21 bits per heavy atom. The summed E-state index contributed by atoms with van der Waals surface area (Å²) in [6.45, 7) is 1.34. The Morgan fingerprint density at radius 2 is 1.79 bits per heavy atom. The molecule has 0 aromatic heterocycles. The maximum absolute atomic E-state index is 11.3. The number of anilines is 1. The number of para-hydroxylation sites is 1. The minimum atomic E-state index is -0.427. The molecule has 1 aromatic rings. The number of carbonyl (C=O) groups is 2. The van der Waals surface area contributed by atoms with Crippen molar-refractivity contribution in [1.82, 2.24) is 4.90 Å². The van der Waals surface area contributed by atoms with Gasteiger partial charge >= 0.3 is 6.03 Å². The van der Waals surface area contributed by atoms with Crippen molar-refractivity contribution in [2.24, 2.45) is 0 Å². The van der Waals surface area contributed by atoms with Crippen LogP contribution >= 0.6 is 0 Å². The molecule has 0 aliphatic heterocycles. The van der Waals surface area contributed by atoms with Gasteiger partial charge in [-0.1, -0.05) is 18.2 Å². The van der Waals surface area contributed by atoms with Gasteiger partial charge in [0.05, 0.1) is 0 Å². The molecular weight excluding hydrogens is 180 g/mol. The van der Waals surface area contributed by atoms with E-state index >= 15 is 0 Å². The summed E-state index contributed by atoms with van der Waals surface area (Å²) in [7, 11) is 1.43. The predicted molar refractivity (Wildman–Crippen MR) is 53.9 cm³/mol. The van der Waals surface area contributed by atoms with Crippen molar-refractivity contribution < 1.29 is 9.59 Å². The Hall–Kier alpha value is -1.84. The van der Waals surface area contributed by atoms with E-state index in [0.29, 0.717) is 5.69 Å². The fourth-order valence-electron chi connectivity index (χ4n) is 0.872. The second-order valence-electron chi connectivity index (χ2n) is 2.87. The zero-order chi connectivity index (χ0) is 10.6. The van der Waals surface area contributed by atoms with Gasteiger partial charge in [0.25, 0.3) is 0 Å². The summed E-state index contributed by atoms with van der Waals surface area (Å²) in [5.41, 5.74) is 0.672. The summed E-state index contributed by atoms with van der Waals surface area (Å²) in [4.78, 5) is 23.2. The van der Waals surface area contributed by atoms with Crippen LogP contribution in [0.5, 0.6) is 0 Å². The van der Waals surface area contributed by atoms with Crippen molar-refractivity contribution in [3.05, 3.63) is 30.3 Å². The van der Waals surface area contributed by atoms with Crippen molar-refractivity contribution in [1.29, 1.82) is 0 Å². The minimum Gasteiger partial charge on any atom is -0.307 e. The molecule has 4 nitrogen and oxygen atoms in total. The first-order valence-electron chi connectivity index (χ1n) is 4.21. The summed E-state index contributed by atoms with van der Waals surface area (Å²) in [5, 5.41) is 2.59. The van der Waals surface area contributed by atoms with Gasteiger partial charge in [0.1, 0.15) is 0 Å². The Kier molecular flexibility index (Phi) is 3.23. The van der Waals surface area contributed by atoms with Crippen LogP contribution in [0.1, 0.15) is 6.92 Å². The second-order valence-corrected chi connectivity index (χ2v) is 2.87. The molecule has 0 spiro atoms. The van der Waals surface area contributed by atoms with Gasteiger partial charge in [-0.3, -0.25) is 9.69 Å². The van der Waals surface area contributed by atoms with Gasteiger partial charge < -0.3 is 5.32 Å². The molecule has 1 aromatic carbocycles. The lowest BCUT2D eigenvalue weighted by atomic mass is 10.3. The van der Waals surface area contributed by atoms with Gasteiger partial charge in [0.15, 0.2) is 0 Å². The van der Waals surface area contributed by atoms with E-state index in [1.807, 2.05) is 18.2 Å². The Bertz CT molecular complexity index is 335. The number of nitrogens with zero attached hydrogens (tertiary/aromatic N) is 1. The van der Waals surface area contributed by atoms with E-state index in [4.69, 9.17) is 0 Å². The summed E-state index contributed by atoms with van der Waals surface area (Å²) >= 11 is 0. The monoisotopic (exact) mass is 192 g/mol. The van der Waals surface area contributed by atoms with Crippen molar-refractivity contribution >= 4 is 17.6 Å². The highest BCUT2D eigenvalue weighted by molar-refractivity contribution is 6.00. The zero-order valence-corrected chi connectivity index (χ0v) is 8.15. The average Bonchev–Trinajstić information content (AvgIpc) is 2.18. The van der Waals surface area contributed by atoms with Gasteiger partial charge in [-0.25, -0.2) is 4.79 Å². The Morgan fingerprint density at radius 3 is 2.29 bits per heavy atom. The molecule has 0 fully saturated rings. The molecule has 0 aliphatic rings. The van der Waals surface area contributed by atoms with E-state index < -0.39 is 6.03 Å². The normalized spacial score (nSPS) is 9.29. The number of hydrogen-bond acceptors (Lipinski definition) is 2. The van der Waals surface area contributed by atoms with Gasteiger partial charge in [-0.15, -0.1) is 0 Å². The maximum atomic E-state index is 11.3. The summed E-state index contributed by atoms with van der Waals surface area (Å²) in [5.74, 6) is -0.293. The highest BCUT2D eigenvalue weighted by Gasteiger charge is 2.11. The third kappa shape index (κ3) is 2.58. The maximum Gasteiger partial charge on any atom is 0.328 e. The van der Waals surface area contributed by atoms with E-state index in [9.17, 15) is 9.59 Å². The first-order chi connectivity index (χ1) is 6.61. The molecule has 0 saturated carbocycles. The molecule has 0 bridgehead atoms. The van der Waals surface area contributed by atoms with Gasteiger partial charge in [-0.2, -0.15) is 0 Å². The number of benzene rings is 1. The lowest BCUT2D eigenvalue weighted by Gasteiger charge is -2.13. The molecule has 0 heterocycles. The molecule has 1 N–H and O–H groups in total. The zero-order valence-electron chi connectivity index (χ0n) is 8.15. The van der Waals surface area contributed by atoms with Crippen LogP contribution in [0.25, 0.3) is 0 Å². The smallest absolute Gasteiger partial charge is 0.307 e. The summed E-state index contributed by atoms with van der Waals surface area (Å²) in [6.07, 6.45) is 0. The Balaban J connectivity index is 2.62. The van der Waals surface area contributed by atoms with Gasteiger partial charge in [0, 0.05) is 19.7 Å². The fraction of sp³-hybridized carbons (Fsp3) is 0.200. The first kappa shape index (κ1) is 10.2. The molecule has 3 amide bonds. The molecule has 4 heteroatoms. The third-order valence-electron chi connectivity index (χ3n) is 1.80. The highest BCUT2D eigenvalue weighted by Crippen LogP contribution is 2.05. The van der Waals surface area contributed by atoms with Crippen LogP contribution in [0.2, 0.25) is 0 Å². The SMILES string of the molecule is CC(=O)N(C)C(=O)Nc1ccccc1. The van der Waals surface area contributed by atoms with Gasteiger partial charge in [-0.05, 0) is 12.1 Å². The van der Waals surface area contributed by atoms with E-state index in [-0.39, 0.29) is 5.91 Å². The number of urea groups is 1.